The number of rotatable bonds is 1. The molecule has 1 unspecified atom stereocenters. The van der Waals surface area contributed by atoms with Crippen LogP contribution in [0.3, 0.4) is 0 Å². The minimum absolute atomic E-state index is 0.183. The Labute approximate surface area is 80.6 Å². The van der Waals surface area contributed by atoms with Crippen molar-refractivity contribution in [3.05, 3.63) is 0 Å². The molecule has 1 atom stereocenters. The highest BCUT2D eigenvalue weighted by atomic mass is 16.3. The van der Waals surface area contributed by atoms with E-state index in [9.17, 15) is 5.11 Å². The molecule has 0 spiro atoms. The summed E-state index contributed by atoms with van der Waals surface area (Å²) >= 11 is 0. The van der Waals surface area contributed by atoms with Crippen molar-refractivity contribution < 1.29 is 5.11 Å². The molecule has 0 aromatic carbocycles. The molecule has 2 heteroatoms. The van der Waals surface area contributed by atoms with Crippen LogP contribution >= 0.6 is 0 Å². The molecule has 0 aromatic rings. The van der Waals surface area contributed by atoms with Gasteiger partial charge in [0.1, 0.15) is 0 Å². The molecule has 0 aliphatic heterocycles. The Kier molecular flexibility index (Phi) is 2.20. The minimum atomic E-state index is -0.786. The molecule has 1 saturated carbocycles. The third-order valence-electron chi connectivity index (χ3n) is 3.43. The van der Waals surface area contributed by atoms with E-state index in [1.807, 2.05) is 13.8 Å². The van der Waals surface area contributed by atoms with Crippen molar-refractivity contribution >= 4 is 0 Å². The molecule has 1 rings (SSSR count). The zero-order valence-electron chi connectivity index (χ0n) is 9.02. The zero-order valence-corrected chi connectivity index (χ0v) is 9.02. The first-order valence-corrected chi connectivity index (χ1v) is 4.86. The third kappa shape index (κ3) is 1.71. The highest BCUT2D eigenvalue weighted by Crippen LogP contribution is 2.51. The Morgan fingerprint density at radius 1 is 1.31 bits per heavy atom. The van der Waals surface area contributed by atoms with Crippen LogP contribution in [-0.2, 0) is 0 Å². The van der Waals surface area contributed by atoms with Gasteiger partial charge in [-0.25, -0.2) is 0 Å². The lowest BCUT2D eigenvalue weighted by molar-refractivity contribution is -0.0397. The molecule has 1 N–H and O–H groups in total. The first-order valence-electron chi connectivity index (χ1n) is 4.86. The van der Waals surface area contributed by atoms with Crippen molar-refractivity contribution in [2.45, 2.75) is 52.6 Å². The molecule has 0 radical (unpaired) electrons. The van der Waals surface area contributed by atoms with Gasteiger partial charge in [-0.3, -0.25) is 0 Å². The predicted octanol–water partition coefficient (Wildman–Crippen LogP) is 2.48. The maximum Gasteiger partial charge on any atom is 0.0833 e. The van der Waals surface area contributed by atoms with Crippen molar-refractivity contribution in [3.63, 3.8) is 0 Å². The third-order valence-corrected chi connectivity index (χ3v) is 3.43. The first kappa shape index (κ1) is 10.5. The van der Waals surface area contributed by atoms with E-state index in [1.54, 1.807) is 0 Å². The molecule has 1 aliphatic carbocycles. The van der Waals surface area contributed by atoms with Gasteiger partial charge in [0.05, 0.1) is 17.1 Å². The van der Waals surface area contributed by atoms with Crippen LogP contribution in [0.1, 0.15) is 47.0 Å². The fourth-order valence-corrected chi connectivity index (χ4v) is 2.15. The van der Waals surface area contributed by atoms with Crippen molar-refractivity contribution in [1.29, 1.82) is 5.26 Å². The topological polar surface area (TPSA) is 44.0 Å². The molecule has 0 saturated heterocycles. The van der Waals surface area contributed by atoms with Gasteiger partial charge in [-0.15, -0.1) is 0 Å². The maximum absolute atomic E-state index is 10.3. The van der Waals surface area contributed by atoms with Crippen LogP contribution < -0.4 is 0 Å². The number of nitriles is 1. The molecule has 2 nitrogen and oxygen atoms in total. The molecule has 0 heterocycles. The second-order valence-electron chi connectivity index (χ2n) is 5.61. The standard InChI is InChI=1S/C11H19NO/c1-9(2)5-6-11(13,7-9)10(3,4)8-12/h13H,5-7H2,1-4H3. The average Bonchev–Trinajstić information content (AvgIpc) is 2.27. The summed E-state index contributed by atoms with van der Waals surface area (Å²) in [5, 5.41) is 19.3. The number of hydrogen-bond donors (Lipinski definition) is 1. The Balaban J connectivity index is 2.89. The summed E-state index contributed by atoms with van der Waals surface area (Å²) in [6.45, 7) is 7.96. The number of nitrogens with zero attached hydrogens (tertiary/aromatic N) is 1. The highest BCUT2D eigenvalue weighted by molar-refractivity contribution is 5.11. The summed E-state index contributed by atoms with van der Waals surface area (Å²) in [7, 11) is 0. The largest absolute Gasteiger partial charge is 0.388 e. The predicted molar refractivity (Wildman–Crippen MR) is 52.0 cm³/mol. The van der Waals surface area contributed by atoms with Crippen LogP contribution in [0.2, 0.25) is 0 Å². The highest BCUT2D eigenvalue weighted by Gasteiger charge is 2.51. The molecular formula is C11H19NO. The van der Waals surface area contributed by atoms with Gasteiger partial charge in [0.15, 0.2) is 0 Å². The van der Waals surface area contributed by atoms with Crippen molar-refractivity contribution in [1.82, 2.24) is 0 Å². The molecule has 0 bridgehead atoms. The van der Waals surface area contributed by atoms with Crippen LogP contribution in [0.25, 0.3) is 0 Å². The molecule has 13 heavy (non-hydrogen) atoms. The van der Waals surface area contributed by atoms with E-state index in [1.165, 1.54) is 0 Å². The molecule has 74 valence electrons. The van der Waals surface area contributed by atoms with Crippen molar-refractivity contribution in [2.75, 3.05) is 0 Å². The van der Waals surface area contributed by atoms with Crippen molar-refractivity contribution in [2.24, 2.45) is 10.8 Å². The van der Waals surface area contributed by atoms with Crippen LogP contribution in [0.5, 0.6) is 0 Å². The second-order valence-corrected chi connectivity index (χ2v) is 5.61. The number of hydrogen-bond acceptors (Lipinski definition) is 2. The Hall–Kier alpha value is -0.550. The van der Waals surface area contributed by atoms with E-state index >= 15 is 0 Å². The van der Waals surface area contributed by atoms with Gasteiger partial charge in [-0.2, -0.15) is 5.26 Å². The Morgan fingerprint density at radius 3 is 2.15 bits per heavy atom. The first-order chi connectivity index (χ1) is 5.72. The van der Waals surface area contributed by atoms with Crippen molar-refractivity contribution in [3.8, 4) is 6.07 Å². The SMILES string of the molecule is CC1(C)CCC(O)(C(C)(C)C#N)C1. The minimum Gasteiger partial charge on any atom is -0.388 e. The van der Waals surface area contributed by atoms with Gasteiger partial charge < -0.3 is 5.11 Å². The maximum atomic E-state index is 10.3. The summed E-state index contributed by atoms with van der Waals surface area (Å²) in [5.74, 6) is 0. The molecule has 0 amide bonds. The van der Waals surface area contributed by atoms with Gasteiger partial charge in [0.2, 0.25) is 0 Å². The van der Waals surface area contributed by atoms with E-state index < -0.39 is 11.0 Å². The van der Waals surface area contributed by atoms with E-state index in [4.69, 9.17) is 5.26 Å². The van der Waals surface area contributed by atoms with E-state index in [0.29, 0.717) is 0 Å². The van der Waals surface area contributed by atoms with E-state index in [0.717, 1.165) is 19.3 Å². The fourth-order valence-electron chi connectivity index (χ4n) is 2.15. The van der Waals surface area contributed by atoms with Crippen LogP contribution in [0.4, 0.5) is 0 Å². The average molecular weight is 181 g/mol. The zero-order chi connectivity index (χ0) is 10.3. The van der Waals surface area contributed by atoms with Gasteiger partial charge in [0, 0.05) is 0 Å². The van der Waals surface area contributed by atoms with E-state index in [2.05, 4.69) is 19.9 Å². The molecule has 1 fully saturated rings. The molecule has 1 aliphatic rings. The number of aliphatic hydroxyl groups is 1. The normalized spacial score (nSPS) is 32.9. The Bertz CT molecular complexity index is 249. The van der Waals surface area contributed by atoms with Crippen LogP contribution in [0.15, 0.2) is 0 Å². The summed E-state index contributed by atoms with van der Waals surface area (Å²) in [4.78, 5) is 0. The van der Waals surface area contributed by atoms with Gasteiger partial charge >= 0.3 is 0 Å². The van der Waals surface area contributed by atoms with Gasteiger partial charge in [0.25, 0.3) is 0 Å². The summed E-state index contributed by atoms with van der Waals surface area (Å²) in [6.07, 6.45) is 2.50. The second kappa shape index (κ2) is 2.72. The quantitative estimate of drug-likeness (QED) is 0.675. The molecular weight excluding hydrogens is 162 g/mol. The van der Waals surface area contributed by atoms with E-state index in [-0.39, 0.29) is 5.41 Å². The molecule has 0 aromatic heterocycles. The Morgan fingerprint density at radius 2 is 1.85 bits per heavy atom. The lowest BCUT2D eigenvalue weighted by atomic mass is 9.73. The van der Waals surface area contributed by atoms with Gasteiger partial charge in [-0.1, -0.05) is 13.8 Å². The monoisotopic (exact) mass is 181 g/mol. The lowest BCUT2D eigenvalue weighted by Crippen LogP contribution is -2.42. The summed E-state index contributed by atoms with van der Waals surface area (Å²) in [6, 6.07) is 2.21. The van der Waals surface area contributed by atoms with Crippen LogP contribution in [-0.4, -0.2) is 10.7 Å². The van der Waals surface area contributed by atoms with Crippen LogP contribution in [0, 0.1) is 22.2 Å². The lowest BCUT2D eigenvalue weighted by Gasteiger charge is -2.35. The summed E-state index contributed by atoms with van der Waals surface area (Å²) in [5.41, 5.74) is -1.23. The smallest absolute Gasteiger partial charge is 0.0833 e. The van der Waals surface area contributed by atoms with Gasteiger partial charge in [-0.05, 0) is 38.5 Å². The summed E-state index contributed by atoms with van der Waals surface area (Å²) < 4.78 is 0. The fraction of sp³-hybridized carbons (Fsp3) is 0.909.